The average Bonchev–Trinajstić information content (AvgIpc) is 3.14. The molecule has 2 atom stereocenters. The molecule has 0 saturated heterocycles. The molecule has 0 aromatic carbocycles. The number of allylic oxidation sites excluding steroid dienone is 2. The molecular formula is C44H79N3O7. The molecule has 10 nitrogen and oxygen atoms in total. The Morgan fingerprint density at radius 3 is 1.37 bits per heavy atom. The van der Waals surface area contributed by atoms with Gasteiger partial charge < -0.3 is 30.9 Å². The van der Waals surface area contributed by atoms with Crippen molar-refractivity contribution >= 4 is 23.7 Å². The van der Waals surface area contributed by atoms with E-state index < -0.39 is 11.9 Å². The molecule has 0 fully saturated rings. The van der Waals surface area contributed by atoms with E-state index in [4.69, 9.17) is 5.11 Å². The fourth-order valence-corrected chi connectivity index (χ4v) is 6.17. The summed E-state index contributed by atoms with van der Waals surface area (Å²) >= 11 is 0. The van der Waals surface area contributed by atoms with Crippen LogP contribution in [0, 0.1) is 0 Å². The minimum atomic E-state index is -1.22. The summed E-state index contributed by atoms with van der Waals surface area (Å²) in [4.78, 5) is 49.7. The van der Waals surface area contributed by atoms with Crippen LogP contribution in [-0.2, 0) is 19.2 Å². The number of carbonyl (C=O) groups is 4. The number of rotatable bonds is 38. The van der Waals surface area contributed by atoms with Crippen molar-refractivity contribution in [3.8, 4) is 0 Å². The minimum absolute atomic E-state index is 0.0761. The van der Waals surface area contributed by atoms with Crippen LogP contribution in [-0.4, -0.2) is 82.3 Å². The lowest BCUT2D eigenvalue weighted by molar-refractivity contribution is -0.132. The van der Waals surface area contributed by atoms with Crippen molar-refractivity contribution in [2.24, 2.45) is 0 Å². The van der Waals surface area contributed by atoms with Gasteiger partial charge in [0.25, 0.3) is 0 Å². The number of carboxylic acids is 1. The predicted octanol–water partition coefficient (Wildman–Crippen LogP) is 8.70. The molecule has 0 rings (SSSR count). The molecule has 0 bridgehead atoms. The summed E-state index contributed by atoms with van der Waals surface area (Å²) in [5.41, 5.74) is 0. The number of carbonyl (C=O) groups excluding carboxylic acids is 3. The van der Waals surface area contributed by atoms with Crippen LogP contribution in [0.5, 0.6) is 0 Å². The zero-order valence-corrected chi connectivity index (χ0v) is 34.3. The van der Waals surface area contributed by atoms with Gasteiger partial charge in [-0.05, 0) is 64.2 Å². The van der Waals surface area contributed by atoms with Crippen molar-refractivity contribution < 1.29 is 34.5 Å². The summed E-state index contributed by atoms with van der Waals surface area (Å²) in [5, 5.41) is 34.7. The standard InChI is InChI=1S/C44H79N3O7/c1-3-5-7-21-27-39(48)29-23-17-13-9-11-15-19-25-31-41(50)45-35-37-47(43(52)33-34-44(53)54)38-36-46-42(51)32-26-20-16-12-10-14-18-24-30-40(49)28-22-8-6-4-2/h17-18,23-24,33-34,39-40,48-49H,3-16,19-22,25-32,35-38H2,1-2H3,(H,45,50)(H,46,51)(H,53,54)/b23-17+,24-18+,34-33-. The summed E-state index contributed by atoms with van der Waals surface area (Å²) in [6, 6.07) is 0. The molecule has 3 amide bonds. The van der Waals surface area contributed by atoms with Crippen LogP contribution >= 0.6 is 0 Å². The van der Waals surface area contributed by atoms with E-state index in [-0.39, 0.29) is 50.2 Å². The minimum Gasteiger partial charge on any atom is -0.478 e. The van der Waals surface area contributed by atoms with Crippen LogP contribution < -0.4 is 10.6 Å². The van der Waals surface area contributed by atoms with Crippen LogP contribution in [0.25, 0.3) is 0 Å². The first-order chi connectivity index (χ1) is 26.2. The van der Waals surface area contributed by atoms with E-state index in [1.807, 2.05) is 0 Å². The van der Waals surface area contributed by atoms with Crippen LogP contribution in [0.1, 0.15) is 181 Å². The van der Waals surface area contributed by atoms with Crippen LogP contribution in [0.4, 0.5) is 0 Å². The van der Waals surface area contributed by atoms with Crippen LogP contribution in [0.15, 0.2) is 36.5 Å². The third-order valence-corrected chi connectivity index (χ3v) is 9.57. The number of aliphatic carboxylic acids is 1. The first kappa shape index (κ1) is 51.0. The van der Waals surface area contributed by atoms with E-state index in [2.05, 4.69) is 48.8 Å². The Labute approximate surface area is 328 Å². The molecule has 0 aliphatic rings. The van der Waals surface area contributed by atoms with Gasteiger partial charge in [0.1, 0.15) is 0 Å². The van der Waals surface area contributed by atoms with Crippen molar-refractivity contribution in [2.75, 3.05) is 26.2 Å². The number of amides is 3. The molecule has 0 radical (unpaired) electrons. The Hall–Kier alpha value is -2.98. The molecule has 0 spiro atoms. The van der Waals surface area contributed by atoms with Crippen molar-refractivity contribution in [2.45, 2.75) is 193 Å². The largest absolute Gasteiger partial charge is 0.478 e. The number of hydrogen-bond acceptors (Lipinski definition) is 6. The average molecular weight is 762 g/mol. The molecule has 0 heterocycles. The highest BCUT2D eigenvalue weighted by molar-refractivity contribution is 5.94. The molecular weight excluding hydrogens is 682 g/mol. The summed E-state index contributed by atoms with van der Waals surface area (Å²) in [6.07, 6.45) is 35.5. The molecule has 0 aliphatic carbocycles. The molecule has 5 N–H and O–H groups in total. The predicted molar refractivity (Wildman–Crippen MR) is 221 cm³/mol. The van der Waals surface area contributed by atoms with Gasteiger partial charge >= 0.3 is 5.97 Å². The Bertz CT molecular complexity index is 968. The molecule has 0 saturated carbocycles. The van der Waals surface area contributed by atoms with Gasteiger partial charge in [0.15, 0.2) is 0 Å². The fourth-order valence-electron chi connectivity index (χ4n) is 6.17. The lowest BCUT2D eigenvalue weighted by Gasteiger charge is -2.21. The maximum Gasteiger partial charge on any atom is 0.328 e. The molecule has 312 valence electrons. The Kier molecular flexibility index (Phi) is 36.2. The first-order valence-electron chi connectivity index (χ1n) is 21.6. The monoisotopic (exact) mass is 762 g/mol. The van der Waals surface area contributed by atoms with Crippen LogP contribution in [0.3, 0.4) is 0 Å². The van der Waals surface area contributed by atoms with E-state index in [0.29, 0.717) is 12.8 Å². The quantitative estimate of drug-likeness (QED) is 0.0239. The summed E-state index contributed by atoms with van der Waals surface area (Å²) < 4.78 is 0. The van der Waals surface area contributed by atoms with Gasteiger partial charge in [-0.15, -0.1) is 0 Å². The van der Waals surface area contributed by atoms with Gasteiger partial charge in [-0.2, -0.15) is 0 Å². The number of carboxylic acid groups (broad SMARTS) is 1. The van der Waals surface area contributed by atoms with Gasteiger partial charge in [0.05, 0.1) is 12.2 Å². The molecule has 0 aliphatic heterocycles. The lowest BCUT2D eigenvalue weighted by Crippen LogP contribution is -2.42. The van der Waals surface area contributed by atoms with E-state index in [1.165, 1.54) is 43.4 Å². The summed E-state index contributed by atoms with van der Waals surface area (Å²) in [6.45, 7) is 5.29. The van der Waals surface area contributed by atoms with Gasteiger partial charge in [0, 0.05) is 51.2 Å². The number of aliphatic hydroxyl groups excluding tert-OH is 2. The van der Waals surface area contributed by atoms with E-state index in [1.54, 1.807) is 0 Å². The first-order valence-corrected chi connectivity index (χ1v) is 21.6. The second-order valence-electron chi connectivity index (χ2n) is 14.7. The fraction of sp³-hybridized carbons (Fsp3) is 0.773. The van der Waals surface area contributed by atoms with Crippen molar-refractivity contribution in [3.05, 3.63) is 36.5 Å². The smallest absolute Gasteiger partial charge is 0.328 e. The topological polar surface area (TPSA) is 156 Å². The van der Waals surface area contributed by atoms with Gasteiger partial charge in [-0.3, -0.25) is 14.4 Å². The number of nitrogens with one attached hydrogen (secondary N) is 2. The normalized spacial score (nSPS) is 12.8. The number of aliphatic hydroxyl groups is 2. The third-order valence-electron chi connectivity index (χ3n) is 9.57. The van der Waals surface area contributed by atoms with Crippen molar-refractivity contribution in [3.63, 3.8) is 0 Å². The van der Waals surface area contributed by atoms with Gasteiger partial charge in [-0.25, -0.2) is 4.79 Å². The number of nitrogens with zero attached hydrogens (tertiary/aromatic N) is 1. The third kappa shape index (κ3) is 36.0. The SMILES string of the molecule is CCCCCCC(O)C/C=C/CCCCCCCC(=O)NCCN(CCNC(=O)CCCCCCC/C=C/CC(O)CCCCCC)C(=O)/C=C\C(=O)O. The van der Waals surface area contributed by atoms with Crippen LogP contribution in [0.2, 0.25) is 0 Å². The summed E-state index contributed by atoms with van der Waals surface area (Å²) in [7, 11) is 0. The van der Waals surface area contributed by atoms with E-state index in [0.717, 1.165) is 128 Å². The second kappa shape index (κ2) is 38.3. The Morgan fingerprint density at radius 2 is 0.944 bits per heavy atom. The highest BCUT2D eigenvalue weighted by Crippen LogP contribution is 2.12. The van der Waals surface area contributed by atoms with Crippen molar-refractivity contribution in [1.29, 1.82) is 0 Å². The summed E-state index contributed by atoms with van der Waals surface area (Å²) in [5.74, 6) is -1.85. The molecule has 0 aromatic rings. The van der Waals surface area contributed by atoms with E-state index >= 15 is 0 Å². The number of hydrogen-bond donors (Lipinski definition) is 5. The molecule has 0 aromatic heterocycles. The second-order valence-corrected chi connectivity index (χ2v) is 14.7. The van der Waals surface area contributed by atoms with E-state index in [9.17, 15) is 29.4 Å². The Morgan fingerprint density at radius 1 is 0.537 bits per heavy atom. The zero-order chi connectivity index (χ0) is 39.9. The highest BCUT2D eigenvalue weighted by Gasteiger charge is 2.13. The Balaban J connectivity index is 4.09. The van der Waals surface area contributed by atoms with Crippen molar-refractivity contribution in [1.82, 2.24) is 15.5 Å². The van der Waals surface area contributed by atoms with Gasteiger partial charge in [-0.1, -0.05) is 128 Å². The zero-order valence-electron chi connectivity index (χ0n) is 34.3. The maximum absolute atomic E-state index is 12.6. The molecule has 54 heavy (non-hydrogen) atoms. The highest BCUT2D eigenvalue weighted by atomic mass is 16.4. The lowest BCUT2D eigenvalue weighted by atomic mass is 10.1. The number of unbranched alkanes of at least 4 members (excludes halogenated alkanes) is 16. The van der Waals surface area contributed by atoms with Gasteiger partial charge in [0.2, 0.25) is 17.7 Å². The maximum atomic E-state index is 12.6. The molecule has 10 heteroatoms. The molecule has 2 unspecified atom stereocenters.